The number of aryl methyl sites for hydroxylation is 8. The summed E-state index contributed by atoms with van der Waals surface area (Å²) in [6.45, 7) is 14.1. The predicted octanol–water partition coefficient (Wildman–Crippen LogP) is 15.4. The fourth-order valence-corrected chi connectivity index (χ4v) is 12.8. The fraction of sp³-hybridized carbons (Fsp3) is 0.456. The van der Waals surface area contributed by atoms with Crippen LogP contribution in [-0.4, -0.2) is 115 Å². The Balaban J connectivity index is 0.666. The molecule has 8 aromatic heterocycles. The van der Waals surface area contributed by atoms with Crippen LogP contribution >= 0.6 is 23.2 Å². The zero-order valence-electron chi connectivity index (χ0n) is 58.9. The normalized spacial score (nSPS) is 11.7. The highest BCUT2D eigenvalue weighted by molar-refractivity contribution is 6.38. The number of fused-ring (bicyclic) bond motifs is 2. The second-order valence-electron chi connectivity index (χ2n) is 26.0. The van der Waals surface area contributed by atoms with Crippen LogP contribution in [0.25, 0.3) is 44.3 Å². The van der Waals surface area contributed by atoms with Crippen LogP contribution in [-0.2, 0) is 75.6 Å². The van der Waals surface area contributed by atoms with Crippen molar-refractivity contribution in [1.29, 1.82) is 0 Å². The van der Waals surface area contributed by atoms with Gasteiger partial charge < -0.3 is 33.2 Å². The summed E-state index contributed by atoms with van der Waals surface area (Å²) in [5, 5.41) is 20.1. The first kappa shape index (κ1) is 75.3. The summed E-state index contributed by atoms with van der Waals surface area (Å²) in [7, 11) is 0. The minimum Gasteiger partial charge on any atom is -0.450 e. The molecule has 0 unspecified atom stereocenters. The van der Waals surface area contributed by atoms with Crippen molar-refractivity contribution in [2.45, 2.75) is 181 Å². The molecule has 0 saturated carbocycles. The number of hydrogen-bond donors (Lipinski definition) is 0. The summed E-state index contributed by atoms with van der Waals surface area (Å²) in [5.41, 5.74) is 7.74. The number of ether oxygens (including phenoxy) is 7. The highest BCUT2D eigenvalue weighted by Crippen LogP contribution is 2.50. The number of benzene rings is 2. The molecule has 0 aliphatic heterocycles. The Morgan fingerprint density at radius 2 is 0.931 bits per heavy atom. The van der Waals surface area contributed by atoms with Crippen LogP contribution in [0.3, 0.4) is 0 Å². The van der Waals surface area contributed by atoms with Crippen LogP contribution < -0.4 is 23.3 Å². The van der Waals surface area contributed by atoms with E-state index in [1.807, 2.05) is 66.0 Å². The van der Waals surface area contributed by atoms with E-state index in [2.05, 4.69) is 106 Å². The Hall–Kier alpha value is -8.37. The average Bonchev–Trinajstić information content (AvgIpc) is 1.58. The van der Waals surface area contributed by atoms with E-state index in [0.29, 0.717) is 82.4 Å². The molecule has 22 heteroatoms. The van der Waals surface area contributed by atoms with Crippen molar-refractivity contribution >= 4 is 51.0 Å². The molecule has 10 aromatic rings. The SMILES string of the molecule is CC(=O)Oc1c(-c2cn(CCCCCCOCCCc3ccc[n+](CCCCOCCCc4cccnc4)c3)nn2)c(OC(C)(C)Oc2c(-c3cn(CCCCOCCCc4ccc[n+](CCCCCCOCCCc5cccnc5)c4)nn3)cc(Cl)c3cccnc23)c(Cl)c2cccnc12. The molecule has 10 rings (SSSR count). The third-order valence-electron chi connectivity index (χ3n) is 17.3. The molecule has 0 amide bonds. The molecule has 2 aromatic carbocycles. The van der Waals surface area contributed by atoms with Gasteiger partial charge in [-0.05, 0) is 162 Å². The maximum atomic E-state index is 13.0. The lowest BCUT2D eigenvalue weighted by atomic mass is 10.0. The minimum absolute atomic E-state index is 0.123. The molecule has 0 atom stereocenters. The Labute approximate surface area is 604 Å². The van der Waals surface area contributed by atoms with Crippen molar-refractivity contribution in [3.05, 3.63) is 186 Å². The van der Waals surface area contributed by atoms with Crippen LogP contribution in [0, 0.1) is 0 Å². The highest BCUT2D eigenvalue weighted by Gasteiger charge is 2.34. The molecule has 0 spiro atoms. The van der Waals surface area contributed by atoms with E-state index >= 15 is 0 Å². The Morgan fingerprint density at radius 1 is 0.485 bits per heavy atom. The summed E-state index contributed by atoms with van der Waals surface area (Å²) in [5.74, 6) is -1.42. The summed E-state index contributed by atoms with van der Waals surface area (Å²) in [6.07, 6.45) is 43.4. The molecule has 534 valence electrons. The van der Waals surface area contributed by atoms with E-state index in [-0.39, 0.29) is 22.1 Å². The summed E-state index contributed by atoms with van der Waals surface area (Å²) in [4.78, 5) is 30.7. The topological polar surface area (TPSA) is 202 Å². The van der Waals surface area contributed by atoms with E-state index in [0.717, 1.165) is 162 Å². The molecule has 0 N–H and O–H groups in total. The van der Waals surface area contributed by atoms with Crippen molar-refractivity contribution in [3.63, 3.8) is 0 Å². The Bertz CT molecular complexity index is 4120. The number of carbonyl (C=O) groups excluding carboxylic acids is 1. The summed E-state index contributed by atoms with van der Waals surface area (Å²) >= 11 is 14.4. The number of aromatic nitrogens is 12. The molecule has 0 aliphatic carbocycles. The lowest BCUT2D eigenvalue weighted by Gasteiger charge is -2.30. The quantitative estimate of drug-likeness (QED) is 0.0114. The predicted molar refractivity (Wildman–Crippen MR) is 392 cm³/mol. The van der Waals surface area contributed by atoms with E-state index in [4.69, 9.17) is 61.3 Å². The van der Waals surface area contributed by atoms with Crippen molar-refractivity contribution in [2.75, 3.05) is 52.9 Å². The van der Waals surface area contributed by atoms with E-state index in [9.17, 15) is 4.79 Å². The van der Waals surface area contributed by atoms with E-state index in [1.54, 1.807) is 49.3 Å². The first-order valence-electron chi connectivity index (χ1n) is 36.1. The van der Waals surface area contributed by atoms with E-state index in [1.165, 1.54) is 42.0 Å². The second kappa shape index (κ2) is 40.9. The largest absolute Gasteiger partial charge is 0.450 e. The van der Waals surface area contributed by atoms with Gasteiger partial charge >= 0.3 is 5.97 Å². The van der Waals surface area contributed by atoms with Gasteiger partial charge in [-0.1, -0.05) is 65.0 Å². The zero-order valence-corrected chi connectivity index (χ0v) is 60.5. The van der Waals surface area contributed by atoms with Gasteiger partial charge in [0.1, 0.15) is 35.5 Å². The molecule has 0 aliphatic rings. The van der Waals surface area contributed by atoms with Crippen molar-refractivity contribution in [2.24, 2.45) is 0 Å². The molecular formula is C79H98Cl2N12O8+2. The molecule has 0 bridgehead atoms. The lowest BCUT2D eigenvalue weighted by Crippen LogP contribution is -2.36. The van der Waals surface area contributed by atoms with Crippen LogP contribution in [0.1, 0.15) is 146 Å². The number of hydrogen-bond acceptors (Lipinski definition) is 16. The number of unbranched alkanes of at least 4 members (excludes halogenated alkanes) is 8. The van der Waals surface area contributed by atoms with Gasteiger partial charge in [-0.2, -0.15) is 0 Å². The van der Waals surface area contributed by atoms with E-state index < -0.39 is 11.8 Å². The number of esters is 1. The van der Waals surface area contributed by atoms with Crippen molar-refractivity contribution in [3.8, 4) is 39.8 Å². The first-order valence-corrected chi connectivity index (χ1v) is 36.9. The molecule has 0 fully saturated rings. The van der Waals surface area contributed by atoms with Crippen LogP contribution in [0.4, 0.5) is 0 Å². The fourth-order valence-electron chi connectivity index (χ4n) is 12.2. The summed E-state index contributed by atoms with van der Waals surface area (Å²) < 4.78 is 52.0. The van der Waals surface area contributed by atoms with Gasteiger partial charge in [-0.15, -0.1) is 10.2 Å². The summed E-state index contributed by atoms with van der Waals surface area (Å²) in [6, 6.07) is 25.9. The van der Waals surface area contributed by atoms with Crippen LogP contribution in [0.5, 0.6) is 17.2 Å². The van der Waals surface area contributed by atoms with Gasteiger partial charge in [-0.3, -0.25) is 34.1 Å². The third kappa shape index (κ3) is 24.4. The van der Waals surface area contributed by atoms with Gasteiger partial charge in [0.15, 0.2) is 42.0 Å². The Kier molecular flexibility index (Phi) is 30.5. The Morgan fingerprint density at radius 3 is 1.50 bits per heavy atom. The minimum atomic E-state index is -1.49. The maximum absolute atomic E-state index is 13.0. The van der Waals surface area contributed by atoms with Gasteiger partial charge in [0.25, 0.3) is 0 Å². The second-order valence-corrected chi connectivity index (χ2v) is 26.8. The standard InChI is InChI=1S/C79H98Cl2N12O8/c1-61(94)99-78-72(71-60-93(89-87-71)44-9-5-7-13-47-96-52-24-32-65-29-21-43-91(58-65)41-10-14-48-97-51-23-31-63-27-17-37-83-56-63)77(73(81)67-35-19-39-85-75(67)78)101-79(2,3)100-76-68(54-69(80)66-34-18-38-84-74(66)76)70-59-92(88-86-70)45-11-15-49-98-53-25-33-64-28-20-42-90(57-64)40-8-4-6-12-46-95-50-22-30-62-26-16-36-82-55-62/h16-21,26-29,34-39,42-43,54-60H,4-15,22-25,30-33,40-41,44-53H2,1-3H3/q+2. The van der Waals surface area contributed by atoms with Crippen LogP contribution in [0.2, 0.25) is 10.0 Å². The zero-order chi connectivity index (χ0) is 70.1. The number of nitrogens with zero attached hydrogens (tertiary/aromatic N) is 12. The monoisotopic (exact) mass is 1410 g/mol. The van der Waals surface area contributed by atoms with Gasteiger partial charge in [-0.25, -0.2) is 9.13 Å². The number of pyridine rings is 6. The molecule has 0 saturated heterocycles. The lowest BCUT2D eigenvalue weighted by molar-refractivity contribution is -0.697. The maximum Gasteiger partial charge on any atom is 0.308 e. The highest BCUT2D eigenvalue weighted by atomic mass is 35.5. The van der Waals surface area contributed by atoms with Crippen molar-refractivity contribution < 1.29 is 47.1 Å². The van der Waals surface area contributed by atoms with Gasteiger partial charge in [0.05, 0.1) is 28.0 Å². The van der Waals surface area contributed by atoms with Crippen LogP contribution in [0.15, 0.2) is 153 Å². The number of carbonyl (C=O) groups is 1. The average molecular weight is 1410 g/mol. The molecular weight excluding hydrogens is 1320 g/mol. The first-order chi connectivity index (χ1) is 49.5. The molecule has 101 heavy (non-hydrogen) atoms. The molecule has 20 nitrogen and oxygen atoms in total. The van der Waals surface area contributed by atoms with Gasteiger partial charge in [0, 0.05) is 176 Å². The third-order valence-corrected chi connectivity index (χ3v) is 18.0. The number of halogens is 2. The van der Waals surface area contributed by atoms with Gasteiger partial charge in [0.2, 0.25) is 5.79 Å². The molecule has 8 heterocycles. The van der Waals surface area contributed by atoms with Crippen molar-refractivity contribution in [1.82, 2.24) is 49.9 Å². The smallest absolute Gasteiger partial charge is 0.308 e. The number of rotatable bonds is 47. The molecule has 0 radical (unpaired) electrons.